The van der Waals surface area contributed by atoms with Crippen molar-refractivity contribution in [2.75, 3.05) is 13.7 Å². The van der Waals surface area contributed by atoms with Gasteiger partial charge < -0.3 is 10.1 Å². The monoisotopic (exact) mass is 291 g/mol. The zero-order valence-corrected chi connectivity index (χ0v) is 11.2. The van der Waals surface area contributed by atoms with E-state index in [2.05, 4.69) is 5.32 Å². The molecule has 1 aliphatic rings. The minimum atomic E-state index is -4.55. The highest BCUT2D eigenvalue weighted by Crippen LogP contribution is 2.35. The van der Waals surface area contributed by atoms with Crippen molar-refractivity contribution in [1.82, 2.24) is 5.32 Å². The highest BCUT2D eigenvalue weighted by molar-refractivity contribution is 5.30. The summed E-state index contributed by atoms with van der Waals surface area (Å²) < 4.78 is 56.8. The molecular weight excluding hydrogens is 274 g/mol. The number of ether oxygens (including phenoxy) is 1. The average molecular weight is 291 g/mol. The summed E-state index contributed by atoms with van der Waals surface area (Å²) >= 11 is 0. The van der Waals surface area contributed by atoms with Crippen LogP contribution in [0, 0.1) is 5.82 Å². The van der Waals surface area contributed by atoms with Gasteiger partial charge in [0.15, 0.2) is 0 Å². The van der Waals surface area contributed by atoms with Gasteiger partial charge in [0.05, 0.1) is 11.2 Å². The smallest absolute Gasteiger partial charge is 0.377 e. The molecule has 0 unspecified atom stereocenters. The molecule has 6 heteroatoms. The normalized spacial score (nSPS) is 17.9. The third kappa shape index (κ3) is 3.30. The van der Waals surface area contributed by atoms with Crippen LogP contribution in [0.2, 0.25) is 0 Å². The molecular formula is C14H17F4NO. The van der Waals surface area contributed by atoms with Gasteiger partial charge in [-0.2, -0.15) is 13.2 Å². The number of halogens is 4. The van der Waals surface area contributed by atoms with Crippen LogP contribution in [0.3, 0.4) is 0 Å². The van der Waals surface area contributed by atoms with E-state index in [4.69, 9.17) is 4.74 Å². The molecule has 0 amide bonds. The summed E-state index contributed by atoms with van der Waals surface area (Å²) in [5, 5.41) is 2.98. The van der Waals surface area contributed by atoms with Gasteiger partial charge in [-0.05, 0) is 37.0 Å². The summed E-state index contributed by atoms with van der Waals surface area (Å²) in [4.78, 5) is 0. The van der Waals surface area contributed by atoms with E-state index in [9.17, 15) is 17.6 Å². The Morgan fingerprint density at radius 2 is 2.00 bits per heavy atom. The fourth-order valence-electron chi connectivity index (χ4n) is 2.42. The minimum absolute atomic E-state index is 0.0419. The van der Waals surface area contributed by atoms with Crippen LogP contribution in [0.5, 0.6) is 0 Å². The van der Waals surface area contributed by atoms with Crippen LogP contribution in [-0.2, 0) is 17.5 Å². The third-order valence-electron chi connectivity index (χ3n) is 3.84. The molecule has 0 saturated heterocycles. The van der Waals surface area contributed by atoms with Gasteiger partial charge >= 0.3 is 6.18 Å². The second kappa shape index (κ2) is 5.69. The van der Waals surface area contributed by atoms with Crippen molar-refractivity contribution in [3.05, 3.63) is 35.1 Å². The molecule has 1 fully saturated rings. The van der Waals surface area contributed by atoms with Gasteiger partial charge in [0, 0.05) is 20.2 Å². The predicted octanol–water partition coefficient (Wildman–Crippen LogP) is 3.50. The van der Waals surface area contributed by atoms with Gasteiger partial charge in [0.25, 0.3) is 0 Å². The lowest BCUT2D eigenvalue weighted by atomic mass is 9.80. The molecule has 1 aliphatic carbocycles. The molecule has 20 heavy (non-hydrogen) atoms. The summed E-state index contributed by atoms with van der Waals surface area (Å²) in [6, 6.07) is 2.75. The van der Waals surface area contributed by atoms with Crippen LogP contribution in [0.15, 0.2) is 18.2 Å². The largest absolute Gasteiger partial charge is 0.416 e. The van der Waals surface area contributed by atoms with Crippen LogP contribution in [0.4, 0.5) is 17.6 Å². The molecule has 0 aliphatic heterocycles. The van der Waals surface area contributed by atoms with E-state index >= 15 is 0 Å². The molecule has 1 saturated carbocycles. The minimum Gasteiger partial charge on any atom is -0.377 e. The van der Waals surface area contributed by atoms with E-state index < -0.39 is 17.6 Å². The maximum atomic E-state index is 13.0. The fourth-order valence-corrected chi connectivity index (χ4v) is 2.42. The van der Waals surface area contributed by atoms with Gasteiger partial charge in [-0.15, -0.1) is 0 Å². The lowest BCUT2D eigenvalue weighted by molar-refractivity contribution is -0.138. The predicted molar refractivity (Wildman–Crippen MR) is 66.7 cm³/mol. The second-order valence-electron chi connectivity index (χ2n) is 5.14. The molecule has 2 nitrogen and oxygen atoms in total. The van der Waals surface area contributed by atoms with Crippen LogP contribution >= 0.6 is 0 Å². The number of hydrogen-bond donors (Lipinski definition) is 1. The summed E-state index contributed by atoms with van der Waals surface area (Å²) in [5.74, 6) is -0.881. The topological polar surface area (TPSA) is 21.3 Å². The van der Waals surface area contributed by atoms with E-state index in [1.54, 1.807) is 7.11 Å². The fraction of sp³-hybridized carbons (Fsp3) is 0.571. The molecule has 0 heterocycles. The van der Waals surface area contributed by atoms with Crippen molar-refractivity contribution in [3.8, 4) is 0 Å². The SMILES string of the molecule is COC1(CNCc2ccc(F)cc2C(F)(F)F)CCC1. The average Bonchev–Trinajstić information content (AvgIpc) is 2.33. The zero-order valence-electron chi connectivity index (χ0n) is 11.2. The molecule has 0 spiro atoms. The van der Waals surface area contributed by atoms with E-state index in [-0.39, 0.29) is 17.7 Å². The van der Waals surface area contributed by atoms with E-state index in [1.807, 2.05) is 0 Å². The quantitative estimate of drug-likeness (QED) is 0.838. The molecule has 112 valence electrons. The molecule has 0 atom stereocenters. The summed E-state index contributed by atoms with van der Waals surface area (Å²) in [6.07, 6.45) is -1.66. The van der Waals surface area contributed by atoms with Crippen molar-refractivity contribution >= 4 is 0 Å². The summed E-state index contributed by atoms with van der Waals surface area (Å²) in [5.41, 5.74) is -1.13. The Balaban J connectivity index is 2.02. The van der Waals surface area contributed by atoms with Crippen LogP contribution in [0.25, 0.3) is 0 Å². The van der Waals surface area contributed by atoms with E-state index in [1.165, 1.54) is 6.07 Å². The molecule has 0 radical (unpaired) electrons. The van der Waals surface area contributed by atoms with E-state index in [0.29, 0.717) is 12.6 Å². The first-order chi connectivity index (χ1) is 9.36. The molecule has 1 N–H and O–H groups in total. The Labute approximate surface area is 115 Å². The molecule has 1 aromatic carbocycles. The molecule has 2 rings (SSSR count). The zero-order chi connectivity index (χ0) is 14.8. The first-order valence-corrected chi connectivity index (χ1v) is 6.48. The third-order valence-corrected chi connectivity index (χ3v) is 3.84. The van der Waals surface area contributed by atoms with Crippen molar-refractivity contribution in [1.29, 1.82) is 0 Å². The number of hydrogen-bond acceptors (Lipinski definition) is 2. The van der Waals surface area contributed by atoms with Gasteiger partial charge in [-0.1, -0.05) is 6.07 Å². The number of methoxy groups -OCH3 is 1. The second-order valence-corrected chi connectivity index (χ2v) is 5.14. The number of rotatable bonds is 5. The first-order valence-electron chi connectivity index (χ1n) is 6.48. The van der Waals surface area contributed by atoms with Crippen LogP contribution in [0.1, 0.15) is 30.4 Å². The maximum Gasteiger partial charge on any atom is 0.416 e. The van der Waals surface area contributed by atoms with Gasteiger partial charge in [0.1, 0.15) is 5.82 Å². The Morgan fingerprint density at radius 1 is 1.30 bits per heavy atom. The Kier molecular flexibility index (Phi) is 4.34. The van der Waals surface area contributed by atoms with Gasteiger partial charge in [0.2, 0.25) is 0 Å². The number of benzene rings is 1. The van der Waals surface area contributed by atoms with Crippen LogP contribution < -0.4 is 5.32 Å². The highest BCUT2D eigenvalue weighted by Gasteiger charge is 2.37. The molecule has 1 aromatic rings. The molecule has 0 bridgehead atoms. The number of nitrogens with one attached hydrogen (secondary N) is 1. The maximum absolute atomic E-state index is 13.0. The van der Waals surface area contributed by atoms with Gasteiger partial charge in [-0.3, -0.25) is 0 Å². The van der Waals surface area contributed by atoms with Gasteiger partial charge in [-0.25, -0.2) is 4.39 Å². The number of alkyl halides is 3. The van der Waals surface area contributed by atoms with Crippen molar-refractivity contribution in [3.63, 3.8) is 0 Å². The lowest BCUT2D eigenvalue weighted by Crippen LogP contribution is -2.47. The summed E-state index contributed by atoms with van der Waals surface area (Å²) in [7, 11) is 1.61. The highest BCUT2D eigenvalue weighted by atomic mass is 19.4. The first kappa shape index (κ1) is 15.3. The van der Waals surface area contributed by atoms with Crippen molar-refractivity contribution in [2.24, 2.45) is 0 Å². The Morgan fingerprint density at radius 3 is 2.50 bits per heavy atom. The van der Waals surface area contributed by atoms with Crippen molar-refractivity contribution in [2.45, 2.75) is 37.6 Å². The van der Waals surface area contributed by atoms with Crippen molar-refractivity contribution < 1.29 is 22.3 Å². The van der Waals surface area contributed by atoms with Crippen LogP contribution in [-0.4, -0.2) is 19.3 Å². The lowest BCUT2D eigenvalue weighted by Gasteiger charge is -2.40. The Hall–Kier alpha value is -1.14. The van der Waals surface area contributed by atoms with E-state index in [0.717, 1.165) is 25.3 Å². The Bertz CT molecular complexity index is 463. The molecule has 0 aromatic heterocycles. The standard InChI is InChI=1S/C14H17F4NO/c1-20-13(5-2-6-13)9-19-8-10-3-4-11(15)7-12(10)14(16,17)18/h3-4,7,19H,2,5-6,8-9H2,1H3. The summed E-state index contributed by atoms with van der Waals surface area (Å²) in [6.45, 7) is 0.540.